The van der Waals surface area contributed by atoms with Gasteiger partial charge in [0.2, 0.25) is 5.92 Å². The minimum Gasteiger partial charge on any atom is -0.457 e. The van der Waals surface area contributed by atoms with Crippen molar-refractivity contribution in [2.45, 2.75) is 44.6 Å². The molecule has 0 radical (unpaired) electrons. The molecule has 1 aliphatic carbocycles. The molecule has 0 amide bonds. The zero-order valence-electron chi connectivity index (χ0n) is 18.5. The summed E-state index contributed by atoms with van der Waals surface area (Å²) in [6.07, 6.45) is 1.78. The lowest BCUT2D eigenvalue weighted by Gasteiger charge is -2.34. The maximum atomic E-state index is 13.0. The van der Waals surface area contributed by atoms with E-state index in [-0.39, 0.29) is 42.5 Å². The topological polar surface area (TPSA) is 99.9 Å². The van der Waals surface area contributed by atoms with Gasteiger partial charge in [-0.25, -0.2) is 13.8 Å². The highest BCUT2D eigenvalue weighted by molar-refractivity contribution is 6.30. The zero-order chi connectivity index (χ0) is 24.5. The van der Waals surface area contributed by atoms with Gasteiger partial charge in [0.15, 0.2) is 5.78 Å². The third kappa shape index (κ3) is 5.27. The lowest BCUT2D eigenvalue weighted by atomic mass is 9.77. The molecule has 1 aliphatic rings. The van der Waals surface area contributed by atoms with Gasteiger partial charge in [0.05, 0.1) is 17.8 Å². The number of halogens is 3. The van der Waals surface area contributed by atoms with Crippen molar-refractivity contribution >= 4 is 23.4 Å². The average molecular weight is 490 g/mol. The van der Waals surface area contributed by atoms with Crippen molar-refractivity contribution in [2.75, 3.05) is 0 Å². The van der Waals surface area contributed by atoms with Gasteiger partial charge in [0.25, 0.3) is 0 Å². The molecule has 1 atom stereocenters. The molecule has 1 fully saturated rings. The fraction of sp³-hybridized carbons (Fsp3) is 0.391. The van der Waals surface area contributed by atoms with Crippen LogP contribution in [0.25, 0.3) is 11.4 Å². The number of pyridine rings is 2. The Morgan fingerprint density at radius 3 is 2.68 bits per heavy atom. The molecule has 1 saturated carbocycles. The van der Waals surface area contributed by atoms with Crippen LogP contribution in [0.4, 0.5) is 8.78 Å². The highest BCUT2D eigenvalue weighted by atomic mass is 35.5. The number of hydrogen-bond donors (Lipinski definition) is 0. The van der Waals surface area contributed by atoms with E-state index in [0.717, 1.165) is 0 Å². The third-order valence-electron chi connectivity index (χ3n) is 5.77. The summed E-state index contributed by atoms with van der Waals surface area (Å²) in [5.41, 5.74) is 2.22. The normalized spacial score (nSPS) is 16.0. The van der Waals surface area contributed by atoms with E-state index in [9.17, 15) is 18.4 Å². The molecule has 0 aliphatic heterocycles. The second-order valence-corrected chi connectivity index (χ2v) is 8.75. The van der Waals surface area contributed by atoms with Crippen LogP contribution in [-0.4, -0.2) is 42.6 Å². The maximum absolute atomic E-state index is 13.0. The second kappa shape index (κ2) is 9.54. The lowest BCUT2D eigenvalue weighted by Crippen LogP contribution is -2.36. The van der Waals surface area contributed by atoms with Crippen LogP contribution >= 0.6 is 11.6 Å². The molecule has 0 unspecified atom stereocenters. The SMILES string of the molecule is C[C@@H](OC(=O)Cc1c(-c2ccc(C(=O)CC3CC(F)(F)C3)cn2)nnn1C)c1cccnc1Cl. The maximum Gasteiger partial charge on any atom is 0.312 e. The van der Waals surface area contributed by atoms with Crippen LogP contribution in [0, 0.1) is 5.92 Å². The van der Waals surface area contributed by atoms with Crippen molar-refractivity contribution < 1.29 is 23.1 Å². The average Bonchev–Trinajstić information content (AvgIpc) is 3.12. The highest BCUT2D eigenvalue weighted by Gasteiger charge is 2.45. The Labute approximate surface area is 199 Å². The van der Waals surface area contributed by atoms with E-state index in [2.05, 4.69) is 20.3 Å². The van der Waals surface area contributed by atoms with Gasteiger partial charge in [-0.3, -0.25) is 19.3 Å². The van der Waals surface area contributed by atoms with Gasteiger partial charge in [-0.05, 0) is 31.0 Å². The molecule has 3 aromatic heterocycles. The van der Waals surface area contributed by atoms with Crippen LogP contribution in [0.15, 0.2) is 36.7 Å². The molecule has 11 heteroatoms. The number of rotatable bonds is 8. The van der Waals surface area contributed by atoms with Gasteiger partial charge >= 0.3 is 5.97 Å². The van der Waals surface area contributed by atoms with E-state index in [1.54, 1.807) is 44.4 Å². The molecule has 3 heterocycles. The Hall–Kier alpha value is -3.27. The fourth-order valence-corrected chi connectivity index (χ4v) is 4.20. The van der Waals surface area contributed by atoms with E-state index < -0.39 is 18.0 Å². The summed E-state index contributed by atoms with van der Waals surface area (Å²) < 4.78 is 33.0. The first kappa shape index (κ1) is 23.9. The predicted octanol–water partition coefficient (Wildman–Crippen LogP) is 4.39. The molecule has 0 saturated heterocycles. The number of aromatic nitrogens is 5. The zero-order valence-corrected chi connectivity index (χ0v) is 19.3. The Balaban J connectivity index is 1.42. The van der Waals surface area contributed by atoms with Crippen LogP contribution in [0.5, 0.6) is 0 Å². The van der Waals surface area contributed by atoms with Gasteiger partial charge in [-0.2, -0.15) is 0 Å². The van der Waals surface area contributed by atoms with Crippen molar-refractivity contribution in [1.82, 2.24) is 25.0 Å². The lowest BCUT2D eigenvalue weighted by molar-refractivity contribution is -0.147. The van der Waals surface area contributed by atoms with E-state index in [0.29, 0.717) is 28.2 Å². The summed E-state index contributed by atoms with van der Waals surface area (Å²) in [5.74, 6) is -3.70. The number of hydrogen-bond acceptors (Lipinski definition) is 7. The van der Waals surface area contributed by atoms with Crippen LogP contribution < -0.4 is 0 Å². The molecule has 0 spiro atoms. The smallest absolute Gasteiger partial charge is 0.312 e. The Morgan fingerprint density at radius 1 is 1.26 bits per heavy atom. The number of nitrogens with zero attached hydrogens (tertiary/aromatic N) is 5. The van der Waals surface area contributed by atoms with Crippen molar-refractivity contribution in [2.24, 2.45) is 13.0 Å². The van der Waals surface area contributed by atoms with E-state index in [1.807, 2.05) is 0 Å². The summed E-state index contributed by atoms with van der Waals surface area (Å²) in [6, 6.07) is 6.61. The van der Waals surface area contributed by atoms with Crippen LogP contribution in [-0.2, 0) is 23.0 Å². The van der Waals surface area contributed by atoms with E-state index in [1.165, 1.54) is 10.9 Å². The Kier molecular flexibility index (Phi) is 6.70. The molecule has 178 valence electrons. The monoisotopic (exact) mass is 489 g/mol. The minimum absolute atomic E-state index is 0.0674. The summed E-state index contributed by atoms with van der Waals surface area (Å²) in [4.78, 5) is 33.2. The number of ketones is 1. The summed E-state index contributed by atoms with van der Waals surface area (Å²) in [6.45, 7) is 1.70. The molecular formula is C23H22ClF2N5O3. The van der Waals surface area contributed by atoms with Crippen molar-refractivity contribution in [3.8, 4) is 11.4 Å². The van der Waals surface area contributed by atoms with Crippen LogP contribution in [0.2, 0.25) is 5.15 Å². The van der Waals surface area contributed by atoms with Gasteiger partial charge < -0.3 is 4.74 Å². The first-order chi connectivity index (χ1) is 16.1. The first-order valence-electron chi connectivity index (χ1n) is 10.7. The number of carbonyl (C=O) groups is 2. The third-order valence-corrected chi connectivity index (χ3v) is 6.08. The quantitative estimate of drug-likeness (QED) is 0.263. The van der Waals surface area contributed by atoms with Gasteiger partial charge in [0, 0.05) is 49.8 Å². The molecule has 8 nitrogen and oxygen atoms in total. The van der Waals surface area contributed by atoms with Crippen LogP contribution in [0.3, 0.4) is 0 Å². The number of alkyl halides is 2. The Morgan fingerprint density at radius 2 is 2.03 bits per heavy atom. The number of carbonyl (C=O) groups excluding carboxylic acids is 2. The molecule has 0 bridgehead atoms. The van der Waals surface area contributed by atoms with Gasteiger partial charge in [-0.15, -0.1) is 5.10 Å². The number of ether oxygens (including phenoxy) is 1. The summed E-state index contributed by atoms with van der Waals surface area (Å²) in [5, 5.41) is 8.33. The Bertz CT molecular complexity index is 1210. The molecular weight excluding hydrogens is 468 g/mol. The summed E-state index contributed by atoms with van der Waals surface area (Å²) in [7, 11) is 1.65. The second-order valence-electron chi connectivity index (χ2n) is 8.39. The molecule has 0 aromatic carbocycles. The number of esters is 1. The molecule has 4 rings (SSSR count). The fourth-order valence-electron chi connectivity index (χ4n) is 3.92. The van der Waals surface area contributed by atoms with Crippen molar-refractivity contribution in [3.05, 3.63) is 58.6 Å². The summed E-state index contributed by atoms with van der Waals surface area (Å²) >= 11 is 6.07. The van der Waals surface area contributed by atoms with Gasteiger partial charge in [0.1, 0.15) is 17.0 Å². The largest absolute Gasteiger partial charge is 0.457 e. The molecule has 3 aromatic rings. The molecule has 34 heavy (non-hydrogen) atoms. The van der Waals surface area contributed by atoms with Gasteiger partial charge in [-0.1, -0.05) is 22.9 Å². The number of Topliss-reactive ketones (excluding diaryl/α,β-unsaturated/α-hetero) is 1. The first-order valence-corrected chi connectivity index (χ1v) is 11.1. The standard InChI is InChI=1S/C23H22ClF2N5O3/c1-13(16-4-3-7-27-22(16)24)34-20(33)9-18-21(29-30-31(18)2)17-6-5-15(12-28-17)19(32)8-14-10-23(25,26)11-14/h3-7,12-14H,8-11H2,1-2H3/t13-/m1/s1. The molecule has 0 N–H and O–H groups in total. The van der Waals surface area contributed by atoms with Crippen molar-refractivity contribution in [3.63, 3.8) is 0 Å². The van der Waals surface area contributed by atoms with Crippen LogP contribution in [0.1, 0.15) is 53.9 Å². The van der Waals surface area contributed by atoms with E-state index in [4.69, 9.17) is 16.3 Å². The minimum atomic E-state index is -2.65. The van der Waals surface area contributed by atoms with E-state index >= 15 is 0 Å². The highest BCUT2D eigenvalue weighted by Crippen LogP contribution is 2.44. The van der Waals surface area contributed by atoms with Crippen molar-refractivity contribution in [1.29, 1.82) is 0 Å². The predicted molar refractivity (Wildman–Crippen MR) is 118 cm³/mol. The number of aryl methyl sites for hydroxylation is 1.